The van der Waals surface area contributed by atoms with Crippen molar-refractivity contribution in [3.63, 3.8) is 0 Å². The van der Waals surface area contributed by atoms with E-state index in [0.29, 0.717) is 31.9 Å². The SMILES string of the molecule is Cc1ccc(C(=O)Oc2c(Br)cc(Br)cc2C=NNC(=O)c2[nH]c3ccc(N(C)C)cc3c2-c2ccccc2Cl)cc1. The smallest absolute Gasteiger partial charge is 0.343 e. The number of hydrogen-bond donors (Lipinski definition) is 2. The number of benzene rings is 4. The van der Waals surface area contributed by atoms with Crippen molar-refractivity contribution in [1.82, 2.24) is 10.4 Å². The summed E-state index contributed by atoms with van der Waals surface area (Å²) in [6, 6.07) is 23.9. The first-order valence-corrected chi connectivity index (χ1v) is 14.8. The summed E-state index contributed by atoms with van der Waals surface area (Å²) in [6.45, 7) is 1.94. The van der Waals surface area contributed by atoms with Crippen molar-refractivity contribution in [3.05, 3.63) is 115 Å². The molecule has 5 aromatic rings. The molecule has 0 saturated heterocycles. The number of amides is 1. The molecule has 0 saturated carbocycles. The molecular formula is C32H25Br2ClN4O3. The normalized spacial score (nSPS) is 11.2. The summed E-state index contributed by atoms with van der Waals surface area (Å²) in [6.07, 6.45) is 1.42. The van der Waals surface area contributed by atoms with E-state index in [2.05, 4.69) is 47.4 Å². The number of halogens is 3. The van der Waals surface area contributed by atoms with E-state index in [9.17, 15) is 9.59 Å². The van der Waals surface area contributed by atoms with Gasteiger partial charge in [0.15, 0.2) is 5.75 Å². The Kier molecular flexibility index (Phi) is 8.82. The molecule has 5 rings (SSSR count). The lowest BCUT2D eigenvalue weighted by Crippen LogP contribution is -2.19. The van der Waals surface area contributed by atoms with E-state index >= 15 is 0 Å². The molecular weight excluding hydrogens is 684 g/mol. The van der Waals surface area contributed by atoms with Gasteiger partial charge in [-0.25, -0.2) is 10.2 Å². The van der Waals surface area contributed by atoms with Gasteiger partial charge in [-0.15, -0.1) is 0 Å². The van der Waals surface area contributed by atoms with E-state index in [-0.39, 0.29) is 5.75 Å². The van der Waals surface area contributed by atoms with Crippen LogP contribution in [0.2, 0.25) is 5.02 Å². The van der Waals surface area contributed by atoms with Crippen LogP contribution in [0.4, 0.5) is 5.69 Å². The Balaban J connectivity index is 1.47. The molecule has 0 fully saturated rings. The minimum atomic E-state index is -0.517. The minimum absolute atomic E-state index is 0.264. The highest BCUT2D eigenvalue weighted by molar-refractivity contribution is 9.11. The summed E-state index contributed by atoms with van der Waals surface area (Å²) in [5, 5.41) is 5.58. The molecule has 0 aliphatic heterocycles. The Morgan fingerprint density at radius 3 is 2.45 bits per heavy atom. The molecule has 4 aromatic carbocycles. The number of fused-ring (bicyclic) bond motifs is 1. The van der Waals surface area contributed by atoms with Crippen LogP contribution in [0.1, 0.15) is 32.0 Å². The highest BCUT2D eigenvalue weighted by Crippen LogP contribution is 2.38. The number of hydrogen-bond acceptors (Lipinski definition) is 5. The van der Waals surface area contributed by atoms with Gasteiger partial charge in [-0.3, -0.25) is 4.79 Å². The summed E-state index contributed by atoms with van der Waals surface area (Å²) >= 11 is 13.5. The molecule has 1 aromatic heterocycles. The minimum Gasteiger partial charge on any atom is -0.421 e. The van der Waals surface area contributed by atoms with Crippen LogP contribution in [0.3, 0.4) is 0 Å². The van der Waals surface area contributed by atoms with Crippen molar-refractivity contribution in [1.29, 1.82) is 0 Å². The van der Waals surface area contributed by atoms with Gasteiger partial charge in [0.25, 0.3) is 5.91 Å². The van der Waals surface area contributed by atoms with E-state index < -0.39 is 11.9 Å². The Morgan fingerprint density at radius 1 is 1.00 bits per heavy atom. The molecule has 0 bridgehead atoms. The maximum absolute atomic E-state index is 13.5. The third kappa shape index (κ3) is 6.28. The topological polar surface area (TPSA) is 86.8 Å². The molecule has 0 radical (unpaired) electrons. The van der Waals surface area contributed by atoms with Crippen LogP contribution in [-0.4, -0.2) is 37.2 Å². The first-order chi connectivity index (χ1) is 20.1. The number of nitrogens with one attached hydrogen (secondary N) is 2. The largest absolute Gasteiger partial charge is 0.421 e. The van der Waals surface area contributed by atoms with Crippen LogP contribution in [0.15, 0.2) is 92.9 Å². The average molecular weight is 709 g/mol. The van der Waals surface area contributed by atoms with E-state index in [4.69, 9.17) is 16.3 Å². The van der Waals surface area contributed by atoms with Gasteiger partial charge in [-0.2, -0.15) is 5.10 Å². The quantitative estimate of drug-likeness (QED) is 0.0770. The zero-order valence-corrected chi connectivity index (χ0v) is 26.8. The molecule has 0 aliphatic carbocycles. The zero-order chi connectivity index (χ0) is 30.0. The molecule has 212 valence electrons. The first-order valence-electron chi connectivity index (χ1n) is 12.8. The average Bonchev–Trinajstić information content (AvgIpc) is 3.34. The number of aromatic amines is 1. The van der Waals surface area contributed by atoms with Crippen LogP contribution in [-0.2, 0) is 0 Å². The molecule has 1 heterocycles. The fourth-order valence-corrected chi connectivity index (χ4v) is 5.98. The van der Waals surface area contributed by atoms with Crippen molar-refractivity contribution in [3.8, 4) is 16.9 Å². The molecule has 1 amide bonds. The van der Waals surface area contributed by atoms with Gasteiger partial charge in [0.1, 0.15) is 5.69 Å². The van der Waals surface area contributed by atoms with Gasteiger partial charge in [0.05, 0.1) is 16.3 Å². The lowest BCUT2D eigenvalue weighted by Gasteiger charge is -2.13. The molecule has 42 heavy (non-hydrogen) atoms. The standard InChI is InChI=1S/C32H25Br2ClN4O3/c1-18-8-10-19(11-9-18)32(41)42-30-20(14-21(33)15-25(30)34)17-36-38-31(40)29-28(23-6-4-5-7-26(23)35)24-16-22(39(2)3)12-13-27(24)37-29/h4-17,37H,1-3H3,(H,38,40). The summed E-state index contributed by atoms with van der Waals surface area (Å²) in [4.78, 5) is 31.6. The highest BCUT2D eigenvalue weighted by Gasteiger charge is 2.22. The molecule has 2 N–H and O–H groups in total. The van der Waals surface area contributed by atoms with Gasteiger partial charge in [0, 0.05) is 56.9 Å². The Hall–Kier alpha value is -3.92. The fourth-order valence-electron chi connectivity index (χ4n) is 4.41. The lowest BCUT2D eigenvalue weighted by molar-refractivity contribution is 0.0733. The molecule has 0 atom stereocenters. The Morgan fingerprint density at radius 2 is 1.74 bits per heavy atom. The van der Waals surface area contributed by atoms with E-state index in [0.717, 1.165) is 32.2 Å². The van der Waals surface area contributed by atoms with Crippen molar-refractivity contribution in [2.45, 2.75) is 6.92 Å². The fraction of sp³-hybridized carbons (Fsp3) is 0.0938. The van der Waals surface area contributed by atoms with Crippen LogP contribution in [0, 0.1) is 6.92 Å². The van der Waals surface area contributed by atoms with Gasteiger partial charge in [-0.1, -0.05) is 63.4 Å². The van der Waals surface area contributed by atoms with Gasteiger partial charge in [0.2, 0.25) is 0 Å². The number of esters is 1. The summed E-state index contributed by atoms with van der Waals surface area (Å²) in [7, 11) is 3.91. The van der Waals surface area contributed by atoms with Crippen molar-refractivity contribution < 1.29 is 14.3 Å². The molecule has 0 aliphatic rings. The monoisotopic (exact) mass is 706 g/mol. The number of carbonyl (C=O) groups is 2. The number of H-pyrrole nitrogens is 1. The van der Waals surface area contributed by atoms with Crippen LogP contribution < -0.4 is 15.1 Å². The predicted molar refractivity (Wildman–Crippen MR) is 176 cm³/mol. The maximum atomic E-state index is 13.5. The third-order valence-electron chi connectivity index (χ3n) is 6.56. The van der Waals surface area contributed by atoms with Gasteiger partial charge >= 0.3 is 5.97 Å². The van der Waals surface area contributed by atoms with Gasteiger partial charge in [-0.05, 0) is 71.4 Å². The Bertz CT molecular complexity index is 1850. The van der Waals surface area contributed by atoms with E-state index in [1.165, 1.54) is 6.21 Å². The number of carbonyl (C=O) groups excluding carboxylic acids is 2. The van der Waals surface area contributed by atoms with Crippen LogP contribution >= 0.6 is 43.5 Å². The highest BCUT2D eigenvalue weighted by atomic mass is 79.9. The second-order valence-corrected chi connectivity index (χ2v) is 11.9. The number of aryl methyl sites for hydroxylation is 1. The lowest BCUT2D eigenvalue weighted by atomic mass is 10.0. The molecule has 7 nitrogen and oxygen atoms in total. The number of rotatable bonds is 7. The first kappa shape index (κ1) is 29.6. The maximum Gasteiger partial charge on any atom is 0.343 e. The number of nitrogens with zero attached hydrogens (tertiary/aromatic N) is 2. The summed E-state index contributed by atoms with van der Waals surface area (Å²) < 4.78 is 6.99. The number of hydrazone groups is 1. The summed E-state index contributed by atoms with van der Waals surface area (Å²) in [5.74, 6) is -0.715. The van der Waals surface area contributed by atoms with E-state index in [1.807, 2.05) is 74.4 Å². The summed E-state index contributed by atoms with van der Waals surface area (Å²) in [5.41, 5.74) is 7.99. The van der Waals surface area contributed by atoms with Crippen molar-refractivity contribution in [2.24, 2.45) is 5.10 Å². The van der Waals surface area contributed by atoms with Crippen LogP contribution in [0.5, 0.6) is 5.75 Å². The molecule has 0 unspecified atom stereocenters. The number of ether oxygens (including phenoxy) is 1. The van der Waals surface area contributed by atoms with E-state index in [1.54, 1.807) is 30.3 Å². The zero-order valence-electron chi connectivity index (χ0n) is 22.8. The number of anilines is 1. The van der Waals surface area contributed by atoms with Crippen molar-refractivity contribution in [2.75, 3.05) is 19.0 Å². The second kappa shape index (κ2) is 12.5. The Labute approximate surface area is 264 Å². The van der Waals surface area contributed by atoms with Crippen molar-refractivity contribution >= 4 is 78.1 Å². The van der Waals surface area contributed by atoms with Crippen LogP contribution in [0.25, 0.3) is 22.0 Å². The predicted octanol–water partition coefficient (Wildman–Crippen LogP) is 8.37. The molecule has 10 heteroatoms. The second-order valence-electron chi connectivity index (χ2n) is 9.74. The third-order valence-corrected chi connectivity index (χ3v) is 7.93. The molecule has 0 spiro atoms. The van der Waals surface area contributed by atoms with Gasteiger partial charge < -0.3 is 14.6 Å². The number of aromatic nitrogens is 1.